The third-order valence-electron chi connectivity index (χ3n) is 3.45. The first kappa shape index (κ1) is 17.6. The number of thioether (sulfide) groups is 1. The van der Waals surface area contributed by atoms with Gasteiger partial charge in [-0.25, -0.2) is 9.78 Å². The van der Waals surface area contributed by atoms with Gasteiger partial charge in [0.25, 0.3) is 0 Å². The number of carbonyl (C=O) groups is 1. The monoisotopic (exact) mass is 377 g/mol. The lowest BCUT2D eigenvalue weighted by molar-refractivity contribution is 0.0526. The van der Waals surface area contributed by atoms with Crippen molar-refractivity contribution in [1.82, 2.24) is 9.97 Å². The molecule has 3 rings (SSSR count). The van der Waals surface area contributed by atoms with Crippen LogP contribution in [0.1, 0.15) is 28.9 Å². The summed E-state index contributed by atoms with van der Waals surface area (Å²) in [6.45, 7) is 3.67. The molecule has 130 valence electrons. The largest absolute Gasteiger partial charge is 0.462 e. The molecule has 0 fully saturated rings. The van der Waals surface area contributed by atoms with Crippen molar-refractivity contribution < 1.29 is 13.9 Å². The molecule has 6 nitrogen and oxygen atoms in total. The molecule has 0 unspecified atom stereocenters. The average molecular weight is 378 g/mol. The second-order valence-electron chi connectivity index (χ2n) is 5.20. The summed E-state index contributed by atoms with van der Waals surface area (Å²) in [6.07, 6.45) is 0. The van der Waals surface area contributed by atoms with Gasteiger partial charge >= 0.3 is 5.97 Å². The van der Waals surface area contributed by atoms with Crippen LogP contribution in [0.2, 0.25) is 5.02 Å². The van der Waals surface area contributed by atoms with Crippen LogP contribution in [0.3, 0.4) is 0 Å². The zero-order chi connectivity index (χ0) is 18.0. The Morgan fingerprint density at radius 1 is 1.40 bits per heavy atom. The Labute approximate surface area is 153 Å². The molecule has 1 aromatic carbocycles. The Morgan fingerprint density at radius 3 is 2.92 bits per heavy atom. The summed E-state index contributed by atoms with van der Waals surface area (Å²) < 4.78 is 10.6. The molecule has 0 bridgehead atoms. The van der Waals surface area contributed by atoms with Gasteiger partial charge in [0, 0.05) is 9.92 Å². The highest BCUT2D eigenvalue weighted by Crippen LogP contribution is 2.30. The van der Waals surface area contributed by atoms with Crippen molar-refractivity contribution >= 4 is 46.2 Å². The highest BCUT2D eigenvalue weighted by Gasteiger charge is 2.23. The zero-order valence-corrected chi connectivity index (χ0v) is 15.3. The van der Waals surface area contributed by atoms with E-state index in [9.17, 15) is 4.79 Å². The molecular weight excluding hydrogens is 362 g/mol. The summed E-state index contributed by atoms with van der Waals surface area (Å²) in [5.41, 5.74) is 6.62. The van der Waals surface area contributed by atoms with E-state index in [0.29, 0.717) is 27.7 Å². The van der Waals surface area contributed by atoms with Crippen molar-refractivity contribution in [1.29, 1.82) is 0 Å². The van der Waals surface area contributed by atoms with Crippen LogP contribution in [-0.4, -0.2) is 22.5 Å². The number of ether oxygens (including phenoxy) is 1. The van der Waals surface area contributed by atoms with E-state index in [1.807, 2.05) is 24.3 Å². The summed E-state index contributed by atoms with van der Waals surface area (Å²) in [5.74, 6) is 1.13. The van der Waals surface area contributed by atoms with Gasteiger partial charge in [0.1, 0.15) is 23.0 Å². The van der Waals surface area contributed by atoms with Crippen LogP contribution in [-0.2, 0) is 10.5 Å². The van der Waals surface area contributed by atoms with Gasteiger partial charge in [-0.2, -0.15) is 4.98 Å². The van der Waals surface area contributed by atoms with Crippen molar-refractivity contribution in [3.8, 4) is 0 Å². The fourth-order valence-electron chi connectivity index (χ4n) is 2.40. The predicted molar refractivity (Wildman–Crippen MR) is 97.9 cm³/mol. The molecule has 0 amide bonds. The first-order chi connectivity index (χ1) is 12.0. The standard InChI is InChI=1S/C17H16ClN3O3S/c1-3-23-17(22)13-9(2)24-16-14(13)15(19)20-12(21-16)8-25-11-6-4-5-10(18)7-11/h4-7H,3,8H2,1-2H3,(H2,19,20,21). The first-order valence-corrected chi connectivity index (χ1v) is 8.97. The number of halogens is 1. The number of nitrogens with two attached hydrogens (primary N) is 1. The molecule has 0 aliphatic rings. The van der Waals surface area contributed by atoms with Crippen LogP contribution in [0, 0.1) is 6.92 Å². The van der Waals surface area contributed by atoms with Crippen molar-refractivity contribution in [2.75, 3.05) is 12.3 Å². The highest BCUT2D eigenvalue weighted by atomic mass is 35.5. The second kappa shape index (κ2) is 7.33. The Balaban J connectivity index is 1.91. The molecule has 0 saturated carbocycles. The van der Waals surface area contributed by atoms with Gasteiger partial charge in [-0.15, -0.1) is 11.8 Å². The SMILES string of the molecule is CCOC(=O)c1c(C)oc2nc(CSc3cccc(Cl)c3)nc(N)c12. The second-order valence-corrected chi connectivity index (χ2v) is 6.69. The minimum absolute atomic E-state index is 0.201. The van der Waals surface area contributed by atoms with Crippen LogP contribution < -0.4 is 5.73 Å². The van der Waals surface area contributed by atoms with Gasteiger partial charge in [-0.05, 0) is 32.0 Å². The van der Waals surface area contributed by atoms with E-state index in [1.54, 1.807) is 13.8 Å². The maximum absolute atomic E-state index is 12.1. The number of anilines is 1. The lowest BCUT2D eigenvalue weighted by Crippen LogP contribution is -2.07. The number of nitrogens with zero attached hydrogens (tertiary/aromatic N) is 2. The molecule has 0 aliphatic heterocycles. The van der Waals surface area contributed by atoms with E-state index >= 15 is 0 Å². The lowest BCUT2D eigenvalue weighted by Gasteiger charge is -2.04. The fraction of sp³-hybridized carbons (Fsp3) is 0.235. The summed E-state index contributed by atoms with van der Waals surface area (Å²) in [6, 6.07) is 7.51. The molecule has 25 heavy (non-hydrogen) atoms. The molecule has 2 N–H and O–H groups in total. The van der Waals surface area contributed by atoms with E-state index < -0.39 is 5.97 Å². The number of aryl methyl sites for hydroxylation is 1. The molecule has 8 heteroatoms. The molecule has 2 aromatic heterocycles. The van der Waals surface area contributed by atoms with E-state index in [2.05, 4.69) is 9.97 Å². The van der Waals surface area contributed by atoms with Crippen molar-refractivity contribution in [2.24, 2.45) is 0 Å². The quantitative estimate of drug-likeness (QED) is 0.525. The van der Waals surface area contributed by atoms with E-state index in [4.69, 9.17) is 26.5 Å². The topological polar surface area (TPSA) is 91.2 Å². The van der Waals surface area contributed by atoms with Crippen LogP contribution >= 0.6 is 23.4 Å². The molecule has 0 atom stereocenters. The highest BCUT2D eigenvalue weighted by molar-refractivity contribution is 7.98. The van der Waals surface area contributed by atoms with Crippen LogP contribution in [0.4, 0.5) is 5.82 Å². The van der Waals surface area contributed by atoms with E-state index in [1.165, 1.54) is 11.8 Å². The Morgan fingerprint density at radius 2 is 2.20 bits per heavy atom. The summed E-state index contributed by atoms with van der Waals surface area (Å²) in [4.78, 5) is 21.8. The van der Waals surface area contributed by atoms with Crippen molar-refractivity contribution in [3.05, 3.63) is 46.4 Å². The van der Waals surface area contributed by atoms with Gasteiger partial charge in [-0.1, -0.05) is 17.7 Å². The molecule has 0 radical (unpaired) electrons. The number of rotatable bonds is 5. The minimum Gasteiger partial charge on any atom is -0.462 e. The number of hydrogen-bond acceptors (Lipinski definition) is 7. The third-order valence-corrected chi connectivity index (χ3v) is 4.67. The molecule has 2 heterocycles. The third kappa shape index (κ3) is 3.72. The van der Waals surface area contributed by atoms with Crippen LogP contribution in [0.15, 0.2) is 33.6 Å². The van der Waals surface area contributed by atoms with Gasteiger partial charge in [0.2, 0.25) is 5.71 Å². The molecule has 0 aliphatic carbocycles. The predicted octanol–water partition coefficient (Wildman–Crippen LogP) is 4.24. The van der Waals surface area contributed by atoms with Gasteiger partial charge < -0.3 is 14.9 Å². The number of hydrogen-bond donors (Lipinski definition) is 1. The number of carbonyl (C=O) groups excluding carboxylic acids is 1. The number of aromatic nitrogens is 2. The summed E-state index contributed by atoms with van der Waals surface area (Å²) >= 11 is 7.51. The maximum Gasteiger partial charge on any atom is 0.342 e. The Bertz CT molecular complexity index is 942. The molecule has 0 spiro atoms. The average Bonchev–Trinajstić information content (AvgIpc) is 2.90. The minimum atomic E-state index is -0.491. The summed E-state index contributed by atoms with van der Waals surface area (Å²) in [7, 11) is 0. The van der Waals surface area contributed by atoms with E-state index in [0.717, 1.165) is 4.90 Å². The smallest absolute Gasteiger partial charge is 0.342 e. The maximum atomic E-state index is 12.1. The van der Waals surface area contributed by atoms with Gasteiger partial charge in [0.05, 0.1) is 17.7 Å². The zero-order valence-electron chi connectivity index (χ0n) is 13.7. The molecule has 0 saturated heterocycles. The van der Waals surface area contributed by atoms with Crippen LogP contribution in [0.5, 0.6) is 0 Å². The fourth-order valence-corrected chi connectivity index (χ4v) is 3.47. The van der Waals surface area contributed by atoms with Crippen molar-refractivity contribution in [2.45, 2.75) is 24.5 Å². The van der Waals surface area contributed by atoms with Gasteiger partial charge in [0.15, 0.2) is 0 Å². The first-order valence-electron chi connectivity index (χ1n) is 7.60. The number of benzene rings is 1. The molecular formula is C17H16ClN3O3S. The van der Waals surface area contributed by atoms with E-state index in [-0.39, 0.29) is 23.7 Å². The molecule has 3 aromatic rings. The lowest BCUT2D eigenvalue weighted by atomic mass is 10.2. The van der Waals surface area contributed by atoms with Crippen molar-refractivity contribution in [3.63, 3.8) is 0 Å². The van der Waals surface area contributed by atoms with Crippen LogP contribution in [0.25, 0.3) is 11.1 Å². The number of fused-ring (bicyclic) bond motifs is 1. The normalized spacial score (nSPS) is 11.0. The Kier molecular flexibility index (Phi) is 5.15. The Hall–Kier alpha value is -2.25. The number of furan rings is 1. The number of nitrogen functional groups attached to an aromatic ring is 1. The summed E-state index contributed by atoms with van der Waals surface area (Å²) in [5, 5.41) is 1.06. The number of esters is 1. The van der Waals surface area contributed by atoms with Gasteiger partial charge in [-0.3, -0.25) is 0 Å².